The summed E-state index contributed by atoms with van der Waals surface area (Å²) in [6, 6.07) is 8.40. The second-order valence-electron chi connectivity index (χ2n) is 4.63. The molecule has 8 nitrogen and oxygen atoms in total. The maximum absolute atomic E-state index is 11.5. The third-order valence-corrected chi connectivity index (χ3v) is 2.90. The molecule has 0 heterocycles. The fraction of sp³-hybridized carbons (Fsp3) is 0.429. The van der Waals surface area contributed by atoms with Crippen molar-refractivity contribution in [3.05, 3.63) is 35.9 Å². The second-order valence-corrected chi connectivity index (χ2v) is 4.63. The standard InChI is InChI=1S/C14H18O8/c15-7-9(16)11(18)12(19)13(20)14(21)22-10(17)6-8-4-2-1-3-5-8/h1-5,9,11-13,15-16,18-20H,6-7H2/t9-,11-,12+,13-/m1/s1. The van der Waals surface area contributed by atoms with Crippen LogP contribution in [0.25, 0.3) is 0 Å². The van der Waals surface area contributed by atoms with Crippen LogP contribution < -0.4 is 0 Å². The van der Waals surface area contributed by atoms with Crippen LogP contribution in [0.4, 0.5) is 0 Å². The summed E-state index contributed by atoms with van der Waals surface area (Å²) >= 11 is 0. The first-order chi connectivity index (χ1) is 10.4. The highest BCUT2D eigenvalue weighted by Gasteiger charge is 2.36. The van der Waals surface area contributed by atoms with Gasteiger partial charge in [-0.25, -0.2) is 4.79 Å². The predicted molar refractivity (Wildman–Crippen MR) is 72.4 cm³/mol. The SMILES string of the molecule is O=C(Cc1ccccc1)OC(=O)[C@H](O)[C@@H](O)[C@H](O)[C@H](O)CO. The fourth-order valence-corrected chi connectivity index (χ4v) is 1.63. The summed E-state index contributed by atoms with van der Waals surface area (Å²) in [6.45, 7) is -0.882. The number of esters is 2. The summed E-state index contributed by atoms with van der Waals surface area (Å²) in [4.78, 5) is 23.0. The maximum Gasteiger partial charge on any atom is 0.345 e. The Morgan fingerprint density at radius 3 is 2.14 bits per heavy atom. The van der Waals surface area contributed by atoms with Crippen molar-refractivity contribution in [1.29, 1.82) is 0 Å². The molecule has 0 unspecified atom stereocenters. The van der Waals surface area contributed by atoms with Crippen LogP contribution in [-0.2, 0) is 20.7 Å². The molecule has 0 saturated carbocycles. The van der Waals surface area contributed by atoms with Crippen molar-refractivity contribution in [3.63, 3.8) is 0 Å². The van der Waals surface area contributed by atoms with E-state index in [-0.39, 0.29) is 6.42 Å². The van der Waals surface area contributed by atoms with Gasteiger partial charge in [0, 0.05) is 0 Å². The van der Waals surface area contributed by atoms with Gasteiger partial charge in [-0.15, -0.1) is 0 Å². The third-order valence-electron chi connectivity index (χ3n) is 2.90. The first-order valence-electron chi connectivity index (χ1n) is 6.48. The molecule has 22 heavy (non-hydrogen) atoms. The molecule has 5 N–H and O–H groups in total. The van der Waals surface area contributed by atoms with Crippen molar-refractivity contribution in [3.8, 4) is 0 Å². The number of ether oxygens (including phenoxy) is 1. The average Bonchev–Trinajstić information content (AvgIpc) is 2.52. The van der Waals surface area contributed by atoms with Gasteiger partial charge >= 0.3 is 11.9 Å². The Bertz CT molecular complexity index is 489. The minimum absolute atomic E-state index is 0.211. The van der Waals surface area contributed by atoms with Crippen molar-refractivity contribution in [2.24, 2.45) is 0 Å². The molecule has 0 aliphatic carbocycles. The van der Waals surface area contributed by atoms with Crippen molar-refractivity contribution in [1.82, 2.24) is 0 Å². The summed E-state index contributed by atoms with van der Waals surface area (Å²) in [5.41, 5.74) is 0.589. The topological polar surface area (TPSA) is 145 Å². The van der Waals surface area contributed by atoms with Gasteiger partial charge in [0.15, 0.2) is 6.10 Å². The van der Waals surface area contributed by atoms with Crippen molar-refractivity contribution in [2.45, 2.75) is 30.8 Å². The van der Waals surface area contributed by atoms with Crippen LogP contribution >= 0.6 is 0 Å². The van der Waals surface area contributed by atoms with E-state index in [1.165, 1.54) is 0 Å². The van der Waals surface area contributed by atoms with E-state index in [4.69, 9.17) is 10.2 Å². The maximum atomic E-state index is 11.5. The normalized spacial score (nSPS) is 16.4. The molecule has 0 aliphatic heterocycles. The lowest BCUT2D eigenvalue weighted by Crippen LogP contribution is -2.49. The van der Waals surface area contributed by atoms with Crippen LogP contribution in [-0.4, -0.2) is 68.5 Å². The highest BCUT2D eigenvalue weighted by atomic mass is 16.6. The molecular weight excluding hydrogens is 296 g/mol. The minimum Gasteiger partial charge on any atom is -0.394 e. The van der Waals surface area contributed by atoms with Crippen molar-refractivity contribution < 1.29 is 39.9 Å². The van der Waals surface area contributed by atoms with Crippen molar-refractivity contribution >= 4 is 11.9 Å². The molecule has 122 valence electrons. The van der Waals surface area contributed by atoms with Crippen LogP contribution in [0.15, 0.2) is 30.3 Å². The fourth-order valence-electron chi connectivity index (χ4n) is 1.63. The van der Waals surface area contributed by atoms with Crippen LogP contribution in [0.5, 0.6) is 0 Å². The second kappa shape index (κ2) is 8.57. The quantitative estimate of drug-likeness (QED) is 0.280. The van der Waals surface area contributed by atoms with Gasteiger partial charge in [-0.2, -0.15) is 0 Å². The first-order valence-corrected chi connectivity index (χ1v) is 6.48. The zero-order valence-electron chi connectivity index (χ0n) is 11.6. The number of rotatable bonds is 7. The lowest BCUT2D eigenvalue weighted by atomic mass is 10.0. The molecule has 4 atom stereocenters. The minimum atomic E-state index is -2.24. The molecular formula is C14H18O8. The number of aliphatic hydroxyl groups is 5. The Balaban J connectivity index is 2.54. The van der Waals surface area contributed by atoms with Gasteiger partial charge < -0.3 is 30.3 Å². The molecule has 8 heteroatoms. The summed E-state index contributed by atoms with van der Waals surface area (Å²) in [6.07, 6.45) is -8.29. The number of hydrogen-bond acceptors (Lipinski definition) is 8. The zero-order valence-corrected chi connectivity index (χ0v) is 11.6. The third kappa shape index (κ3) is 5.17. The molecule has 0 radical (unpaired) electrons. The number of benzene rings is 1. The molecule has 0 fully saturated rings. The summed E-state index contributed by atoms with van der Waals surface area (Å²) in [5.74, 6) is -2.41. The zero-order chi connectivity index (χ0) is 16.7. The van der Waals surface area contributed by atoms with E-state index in [0.29, 0.717) is 5.56 Å². The van der Waals surface area contributed by atoms with Gasteiger partial charge in [0.2, 0.25) is 0 Å². The molecule has 0 saturated heterocycles. The smallest absolute Gasteiger partial charge is 0.345 e. The molecule has 0 aromatic heterocycles. The average molecular weight is 314 g/mol. The van der Waals surface area contributed by atoms with E-state index in [2.05, 4.69) is 4.74 Å². The van der Waals surface area contributed by atoms with E-state index in [0.717, 1.165) is 0 Å². The predicted octanol–water partition coefficient (Wildman–Crippen LogP) is -2.27. The van der Waals surface area contributed by atoms with Gasteiger partial charge in [-0.1, -0.05) is 30.3 Å². The lowest BCUT2D eigenvalue weighted by Gasteiger charge is -2.24. The van der Waals surface area contributed by atoms with Gasteiger partial charge in [0.05, 0.1) is 13.0 Å². The Morgan fingerprint density at radius 1 is 1.00 bits per heavy atom. The van der Waals surface area contributed by atoms with E-state index < -0.39 is 43.0 Å². The lowest BCUT2D eigenvalue weighted by molar-refractivity contribution is -0.176. The highest BCUT2D eigenvalue weighted by molar-refractivity contribution is 5.89. The monoisotopic (exact) mass is 314 g/mol. The Hall–Kier alpha value is -1.84. The Labute approximate surface area is 126 Å². The number of carbonyl (C=O) groups is 2. The summed E-state index contributed by atoms with van der Waals surface area (Å²) in [7, 11) is 0. The molecule has 0 amide bonds. The van der Waals surface area contributed by atoms with Gasteiger partial charge in [0.25, 0.3) is 0 Å². The number of aliphatic hydroxyl groups excluding tert-OH is 5. The molecule has 0 aliphatic rings. The highest BCUT2D eigenvalue weighted by Crippen LogP contribution is 2.08. The van der Waals surface area contributed by atoms with Gasteiger partial charge in [0.1, 0.15) is 18.3 Å². The molecule has 0 spiro atoms. The van der Waals surface area contributed by atoms with E-state index in [9.17, 15) is 24.9 Å². The molecule has 0 bridgehead atoms. The van der Waals surface area contributed by atoms with Crippen LogP contribution in [0.3, 0.4) is 0 Å². The Morgan fingerprint density at radius 2 is 1.59 bits per heavy atom. The van der Waals surface area contributed by atoms with Gasteiger partial charge in [-0.05, 0) is 5.56 Å². The largest absolute Gasteiger partial charge is 0.394 e. The summed E-state index contributed by atoms with van der Waals surface area (Å²) < 4.78 is 4.36. The van der Waals surface area contributed by atoms with Gasteiger partial charge in [-0.3, -0.25) is 4.79 Å². The number of carbonyl (C=O) groups excluding carboxylic acids is 2. The van der Waals surface area contributed by atoms with Crippen molar-refractivity contribution in [2.75, 3.05) is 6.61 Å². The Kier molecular flexibility index (Phi) is 7.09. The van der Waals surface area contributed by atoms with E-state index >= 15 is 0 Å². The molecule has 1 rings (SSSR count). The molecule has 1 aromatic carbocycles. The van der Waals surface area contributed by atoms with E-state index in [1.54, 1.807) is 30.3 Å². The number of hydrogen-bond donors (Lipinski definition) is 5. The van der Waals surface area contributed by atoms with Crippen LogP contribution in [0.1, 0.15) is 5.56 Å². The molecule has 1 aromatic rings. The van der Waals surface area contributed by atoms with E-state index in [1.807, 2.05) is 0 Å². The van der Waals surface area contributed by atoms with Crippen LogP contribution in [0, 0.1) is 0 Å². The van der Waals surface area contributed by atoms with Crippen LogP contribution in [0.2, 0.25) is 0 Å². The summed E-state index contributed by atoms with van der Waals surface area (Å²) in [5, 5.41) is 46.1. The first kappa shape index (κ1) is 18.2.